The number of benzene rings is 1. The van der Waals surface area contributed by atoms with E-state index in [0.29, 0.717) is 29.1 Å². The largest absolute Gasteiger partial charge is 0.506 e. The summed E-state index contributed by atoms with van der Waals surface area (Å²) < 4.78 is 0. The molecule has 0 fully saturated rings. The van der Waals surface area contributed by atoms with Crippen LogP contribution < -0.4 is 10.9 Å². The van der Waals surface area contributed by atoms with Gasteiger partial charge in [-0.2, -0.15) is 0 Å². The lowest BCUT2D eigenvalue weighted by Crippen LogP contribution is -2.31. The fraction of sp³-hybridized carbons (Fsp3) is 0.350. The van der Waals surface area contributed by atoms with Crippen molar-refractivity contribution in [3.8, 4) is 5.75 Å². The monoisotopic (exact) mass is 338 g/mol. The van der Waals surface area contributed by atoms with Crippen LogP contribution in [-0.4, -0.2) is 27.8 Å². The van der Waals surface area contributed by atoms with E-state index >= 15 is 0 Å². The highest BCUT2D eigenvalue weighted by Crippen LogP contribution is 2.34. The van der Waals surface area contributed by atoms with Crippen molar-refractivity contribution in [2.75, 3.05) is 6.54 Å². The van der Waals surface area contributed by atoms with Crippen LogP contribution >= 0.6 is 0 Å². The quantitative estimate of drug-likeness (QED) is 0.646. The molecule has 1 heterocycles. The second-order valence-corrected chi connectivity index (χ2v) is 6.90. The van der Waals surface area contributed by atoms with Gasteiger partial charge in [-0.1, -0.05) is 29.4 Å². The average molecular weight is 338 g/mol. The zero-order valence-electron chi connectivity index (χ0n) is 14.0. The topological polar surface area (TPSA) is 85.3 Å². The van der Waals surface area contributed by atoms with Crippen LogP contribution in [0.2, 0.25) is 0 Å². The van der Waals surface area contributed by atoms with Gasteiger partial charge in [0.05, 0.1) is 11.6 Å². The lowest BCUT2D eigenvalue weighted by atomic mass is 10.0. The maximum absolute atomic E-state index is 11.5. The molecule has 0 saturated heterocycles. The Morgan fingerprint density at radius 3 is 2.56 bits per heavy atom. The Kier molecular flexibility index (Phi) is 4.19. The number of H-pyrrole nitrogens is 1. The normalized spacial score (nSPS) is 18.8. The number of nitrogens with one attached hydrogen (secondary N) is 2. The summed E-state index contributed by atoms with van der Waals surface area (Å²) in [6, 6.07) is 6.66. The Morgan fingerprint density at radius 2 is 1.84 bits per heavy atom. The standard InChI is InChI=1S/C20H22N2O3/c23-17-7-5-15(16-6-8-19(25)22-20(16)17)18(24)11-21-14-9-12-3-1-2-4-13(12)10-14/h1-2,5-8,14,18,21,23-24H,3-4,9-11H2,(H,22,25). The van der Waals surface area contributed by atoms with Crippen LogP contribution in [0.1, 0.15) is 37.4 Å². The number of aromatic hydroxyl groups is 1. The van der Waals surface area contributed by atoms with Gasteiger partial charge in [0.2, 0.25) is 5.56 Å². The van der Waals surface area contributed by atoms with E-state index in [9.17, 15) is 15.0 Å². The van der Waals surface area contributed by atoms with Gasteiger partial charge < -0.3 is 20.5 Å². The maximum atomic E-state index is 11.5. The minimum Gasteiger partial charge on any atom is -0.506 e. The number of hydrogen-bond acceptors (Lipinski definition) is 4. The number of aliphatic hydroxyl groups excluding tert-OH is 1. The Hall–Kier alpha value is -2.37. The summed E-state index contributed by atoms with van der Waals surface area (Å²) in [5, 5.41) is 24.7. The molecule has 2 aromatic rings. The molecule has 5 heteroatoms. The van der Waals surface area contributed by atoms with Crippen LogP contribution in [0.3, 0.4) is 0 Å². The predicted molar refractivity (Wildman–Crippen MR) is 97.6 cm³/mol. The van der Waals surface area contributed by atoms with Gasteiger partial charge in [-0.25, -0.2) is 0 Å². The molecule has 4 rings (SSSR count). The van der Waals surface area contributed by atoms with E-state index in [2.05, 4.69) is 22.5 Å². The number of phenolic OH excluding ortho intramolecular Hbond substituents is 1. The molecule has 1 aromatic carbocycles. The van der Waals surface area contributed by atoms with Crippen LogP contribution in [0.4, 0.5) is 0 Å². The van der Waals surface area contributed by atoms with E-state index < -0.39 is 6.10 Å². The van der Waals surface area contributed by atoms with E-state index in [1.165, 1.54) is 12.1 Å². The highest BCUT2D eigenvalue weighted by molar-refractivity contribution is 5.87. The SMILES string of the molecule is O=c1ccc2c(C(O)CNC3CC4=C(CC=CC4)C3)ccc(O)c2[nH]1. The summed E-state index contributed by atoms with van der Waals surface area (Å²) in [6.07, 6.45) is 7.99. The van der Waals surface area contributed by atoms with Crippen molar-refractivity contribution in [2.45, 2.75) is 37.8 Å². The fourth-order valence-corrected chi connectivity index (χ4v) is 3.94. The molecule has 4 N–H and O–H groups in total. The third-order valence-corrected chi connectivity index (χ3v) is 5.25. The van der Waals surface area contributed by atoms with Crippen LogP contribution in [0, 0.1) is 0 Å². The molecular formula is C20H22N2O3. The summed E-state index contributed by atoms with van der Waals surface area (Å²) >= 11 is 0. The number of aliphatic hydroxyl groups is 1. The van der Waals surface area contributed by atoms with Crippen molar-refractivity contribution >= 4 is 10.9 Å². The molecule has 5 nitrogen and oxygen atoms in total. The van der Waals surface area contributed by atoms with E-state index in [1.54, 1.807) is 23.3 Å². The lowest BCUT2D eigenvalue weighted by Gasteiger charge is -2.18. The van der Waals surface area contributed by atoms with Crippen molar-refractivity contribution in [3.63, 3.8) is 0 Å². The van der Waals surface area contributed by atoms with Gasteiger partial charge in [0, 0.05) is 24.0 Å². The molecule has 0 aliphatic heterocycles. The van der Waals surface area contributed by atoms with E-state index in [0.717, 1.165) is 25.7 Å². The molecule has 130 valence electrons. The van der Waals surface area contributed by atoms with Crippen molar-refractivity contribution < 1.29 is 10.2 Å². The molecular weight excluding hydrogens is 316 g/mol. The fourth-order valence-electron chi connectivity index (χ4n) is 3.94. The summed E-state index contributed by atoms with van der Waals surface area (Å²) in [5.41, 5.74) is 3.88. The van der Waals surface area contributed by atoms with Crippen molar-refractivity contribution in [1.82, 2.24) is 10.3 Å². The first-order valence-corrected chi connectivity index (χ1v) is 8.73. The second-order valence-electron chi connectivity index (χ2n) is 6.90. The third-order valence-electron chi connectivity index (χ3n) is 5.25. The number of allylic oxidation sites excluding steroid dienone is 2. The molecule has 1 unspecified atom stereocenters. The van der Waals surface area contributed by atoms with Gasteiger partial charge in [0.1, 0.15) is 5.75 Å². The van der Waals surface area contributed by atoms with E-state index in [1.807, 2.05) is 0 Å². The summed E-state index contributed by atoms with van der Waals surface area (Å²) in [5.74, 6) is 0.0109. The van der Waals surface area contributed by atoms with Gasteiger partial charge in [0.25, 0.3) is 0 Å². The van der Waals surface area contributed by atoms with E-state index in [4.69, 9.17) is 0 Å². The van der Waals surface area contributed by atoms with Gasteiger partial charge in [-0.15, -0.1) is 0 Å². The zero-order valence-corrected chi connectivity index (χ0v) is 14.0. The number of fused-ring (bicyclic) bond motifs is 1. The molecule has 1 atom stereocenters. The average Bonchev–Trinajstić information content (AvgIpc) is 3.03. The van der Waals surface area contributed by atoms with Gasteiger partial charge in [-0.3, -0.25) is 4.79 Å². The Morgan fingerprint density at radius 1 is 1.12 bits per heavy atom. The van der Waals surface area contributed by atoms with Crippen molar-refractivity contribution in [1.29, 1.82) is 0 Å². The summed E-state index contributed by atoms with van der Waals surface area (Å²) in [4.78, 5) is 14.1. The highest BCUT2D eigenvalue weighted by atomic mass is 16.3. The molecule has 2 aliphatic carbocycles. The summed E-state index contributed by atoms with van der Waals surface area (Å²) in [6.45, 7) is 0.442. The Bertz CT molecular complexity index is 906. The number of aromatic amines is 1. The van der Waals surface area contributed by atoms with Crippen LogP contribution in [-0.2, 0) is 0 Å². The first-order chi connectivity index (χ1) is 12.1. The smallest absolute Gasteiger partial charge is 0.248 e. The Balaban J connectivity index is 1.47. The highest BCUT2D eigenvalue weighted by Gasteiger charge is 2.24. The molecule has 0 saturated carbocycles. The van der Waals surface area contributed by atoms with Gasteiger partial charge >= 0.3 is 0 Å². The minimum atomic E-state index is -0.704. The maximum Gasteiger partial charge on any atom is 0.248 e. The summed E-state index contributed by atoms with van der Waals surface area (Å²) in [7, 11) is 0. The number of aromatic nitrogens is 1. The van der Waals surface area contributed by atoms with Gasteiger partial charge in [-0.05, 0) is 43.4 Å². The Labute approximate surface area is 145 Å². The van der Waals surface area contributed by atoms with Crippen molar-refractivity contribution in [2.24, 2.45) is 0 Å². The first-order valence-electron chi connectivity index (χ1n) is 8.73. The lowest BCUT2D eigenvalue weighted by molar-refractivity contribution is 0.171. The molecule has 0 spiro atoms. The number of hydrogen-bond donors (Lipinski definition) is 4. The number of phenols is 1. The minimum absolute atomic E-state index is 0.0109. The zero-order chi connectivity index (χ0) is 17.4. The van der Waals surface area contributed by atoms with Crippen LogP contribution in [0.5, 0.6) is 5.75 Å². The molecule has 25 heavy (non-hydrogen) atoms. The molecule has 0 amide bonds. The van der Waals surface area contributed by atoms with Gasteiger partial charge in [0.15, 0.2) is 0 Å². The van der Waals surface area contributed by atoms with Crippen molar-refractivity contribution in [3.05, 3.63) is 63.5 Å². The third kappa shape index (κ3) is 3.13. The van der Waals surface area contributed by atoms with Crippen LogP contribution in [0.15, 0.2) is 52.4 Å². The number of rotatable bonds is 4. The van der Waals surface area contributed by atoms with Crippen LogP contribution in [0.25, 0.3) is 10.9 Å². The molecule has 0 bridgehead atoms. The first kappa shape index (κ1) is 16.1. The predicted octanol–water partition coefficient (Wildman–Crippen LogP) is 2.67. The molecule has 0 radical (unpaired) electrons. The van der Waals surface area contributed by atoms with E-state index in [-0.39, 0.29) is 11.3 Å². The molecule has 2 aliphatic rings. The second kappa shape index (κ2) is 6.50. The molecule has 1 aromatic heterocycles. The number of pyridine rings is 1.